The number of halogens is 3. The molecular weight excluding hydrogens is 381 g/mol. The number of alkyl halides is 3. The maximum Gasteiger partial charge on any atom is 0.416 e. The molecular formula is C18H17F3N2O3S. The number of fused-ring (bicyclic) bond motifs is 1. The fraction of sp³-hybridized carbons (Fsp3) is 0.278. The van der Waals surface area contributed by atoms with Crippen molar-refractivity contribution in [3.63, 3.8) is 0 Å². The summed E-state index contributed by atoms with van der Waals surface area (Å²) in [5, 5.41) is 0. The summed E-state index contributed by atoms with van der Waals surface area (Å²) in [4.78, 5) is 12.7. The Morgan fingerprint density at radius 2 is 1.85 bits per heavy atom. The van der Waals surface area contributed by atoms with Crippen LogP contribution in [0.2, 0.25) is 0 Å². The molecule has 0 saturated heterocycles. The minimum Gasteiger partial charge on any atom is -0.338 e. The molecule has 0 bridgehead atoms. The van der Waals surface area contributed by atoms with E-state index in [1.54, 1.807) is 23.1 Å². The van der Waals surface area contributed by atoms with E-state index in [0.717, 1.165) is 29.3 Å². The maximum absolute atomic E-state index is 12.8. The summed E-state index contributed by atoms with van der Waals surface area (Å²) in [7, 11) is -4.18. The van der Waals surface area contributed by atoms with Gasteiger partial charge in [-0.05, 0) is 47.9 Å². The monoisotopic (exact) mass is 398 g/mol. The third-order valence-corrected chi connectivity index (χ3v) is 5.77. The highest BCUT2D eigenvalue weighted by atomic mass is 32.2. The van der Waals surface area contributed by atoms with Crippen molar-refractivity contribution in [1.29, 1.82) is 0 Å². The number of hydrogen-bond donors (Lipinski definition) is 1. The molecule has 3 rings (SSSR count). The summed E-state index contributed by atoms with van der Waals surface area (Å²) >= 11 is 0. The highest BCUT2D eigenvalue weighted by Gasteiger charge is 2.31. The van der Waals surface area contributed by atoms with Gasteiger partial charge >= 0.3 is 6.18 Å². The third-order valence-electron chi connectivity index (χ3n) is 4.39. The largest absolute Gasteiger partial charge is 0.416 e. The molecule has 1 aliphatic heterocycles. The summed E-state index contributed by atoms with van der Waals surface area (Å²) in [6.07, 6.45) is -3.97. The van der Waals surface area contributed by atoms with Gasteiger partial charge in [0.05, 0.1) is 10.5 Å². The number of nitrogens with one attached hydrogen (secondary N) is 1. The quantitative estimate of drug-likeness (QED) is 0.862. The van der Waals surface area contributed by atoms with E-state index in [2.05, 4.69) is 4.72 Å². The molecule has 1 amide bonds. The van der Waals surface area contributed by atoms with Crippen molar-refractivity contribution >= 4 is 21.6 Å². The van der Waals surface area contributed by atoms with Crippen molar-refractivity contribution < 1.29 is 26.4 Å². The smallest absolute Gasteiger partial charge is 0.338 e. The molecule has 2 aromatic rings. The molecule has 144 valence electrons. The molecule has 9 heteroatoms. The van der Waals surface area contributed by atoms with Crippen molar-refractivity contribution in [1.82, 2.24) is 4.90 Å². The molecule has 0 saturated carbocycles. The van der Waals surface area contributed by atoms with Crippen LogP contribution in [0.25, 0.3) is 0 Å². The first-order chi connectivity index (χ1) is 12.6. The number of amides is 1. The number of anilines is 1. The standard InChI is InChI=1S/C18H17F3N2O3S/c1-12(24)23-8-7-13-5-6-16(9-14(13)11-23)22-27(25,26)17-4-2-3-15(10-17)18(19,20)21/h2-6,9-10,22H,7-8,11H2,1H3. The second-order valence-corrected chi connectivity index (χ2v) is 7.99. The third kappa shape index (κ3) is 4.24. The zero-order valence-corrected chi connectivity index (χ0v) is 15.2. The van der Waals surface area contributed by atoms with Gasteiger partial charge in [-0.2, -0.15) is 13.2 Å². The lowest BCUT2D eigenvalue weighted by atomic mass is 9.99. The van der Waals surface area contributed by atoms with Crippen LogP contribution >= 0.6 is 0 Å². The van der Waals surface area contributed by atoms with E-state index in [4.69, 9.17) is 0 Å². The maximum atomic E-state index is 12.8. The highest BCUT2D eigenvalue weighted by molar-refractivity contribution is 7.92. The molecule has 0 radical (unpaired) electrons. The van der Waals surface area contributed by atoms with Gasteiger partial charge in [-0.25, -0.2) is 8.42 Å². The Bertz CT molecular complexity index is 988. The van der Waals surface area contributed by atoms with Crippen LogP contribution in [0, 0.1) is 0 Å². The summed E-state index contributed by atoms with van der Waals surface area (Å²) in [6.45, 7) is 2.42. The number of carbonyl (C=O) groups excluding carboxylic acids is 1. The van der Waals surface area contributed by atoms with Gasteiger partial charge in [0.1, 0.15) is 0 Å². The van der Waals surface area contributed by atoms with Crippen molar-refractivity contribution in [3.05, 3.63) is 59.2 Å². The van der Waals surface area contributed by atoms with E-state index in [0.29, 0.717) is 25.6 Å². The molecule has 0 spiro atoms. The molecule has 27 heavy (non-hydrogen) atoms. The van der Waals surface area contributed by atoms with Crippen molar-refractivity contribution in [2.75, 3.05) is 11.3 Å². The Labute approximate surface area is 154 Å². The summed E-state index contributed by atoms with van der Waals surface area (Å²) in [5.74, 6) is -0.0735. The van der Waals surface area contributed by atoms with Gasteiger partial charge < -0.3 is 4.90 Å². The Balaban J connectivity index is 1.87. The van der Waals surface area contributed by atoms with Gasteiger partial charge in [-0.1, -0.05) is 12.1 Å². The van der Waals surface area contributed by atoms with Gasteiger partial charge in [0.25, 0.3) is 10.0 Å². The minimum absolute atomic E-state index is 0.0735. The van der Waals surface area contributed by atoms with Crippen LogP contribution in [-0.2, 0) is 34.0 Å². The molecule has 0 aromatic heterocycles. The SMILES string of the molecule is CC(=O)N1CCc2ccc(NS(=O)(=O)c3cccc(C(F)(F)F)c3)cc2C1. The minimum atomic E-state index is -4.63. The topological polar surface area (TPSA) is 66.5 Å². The first kappa shape index (κ1) is 19.2. The van der Waals surface area contributed by atoms with Crippen LogP contribution in [0.3, 0.4) is 0 Å². The van der Waals surface area contributed by atoms with E-state index >= 15 is 0 Å². The number of benzene rings is 2. The zero-order valence-electron chi connectivity index (χ0n) is 14.4. The molecule has 2 aromatic carbocycles. The highest BCUT2D eigenvalue weighted by Crippen LogP contribution is 2.31. The average Bonchev–Trinajstić information content (AvgIpc) is 2.60. The Morgan fingerprint density at radius 1 is 1.11 bits per heavy atom. The molecule has 1 heterocycles. The van der Waals surface area contributed by atoms with Crippen LogP contribution in [0.15, 0.2) is 47.4 Å². The van der Waals surface area contributed by atoms with Gasteiger partial charge in [-0.15, -0.1) is 0 Å². The van der Waals surface area contributed by atoms with E-state index in [1.165, 1.54) is 6.92 Å². The molecule has 1 aliphatic rings. The first-order valence-electron chi connectivity index (χ1n) is 8.14. The van der Waals surface area contributed by atoms with Crippen molar-refractivity contribution in [2.24, 2.45) is 0 Å². The first-order valence-corrected chi connectivity index (χ1v) is 9.62. The lowest BCUT2D eigenvalue weighted by Crippen LogP contribution is -2.34. The number of hydrogen-bond acceptors (Lipinski definition) is 3. The predicted octanol–water partition coefficient (Wildman–Crippen LogP) is 3.41. The van der Waals surface area contributed by atoms with Gasteiger partial charge in [0.15, 0.2) is 0 Å². The van der Waals surface area contributed by atoms with Crippen molar-refractivity contribution in [2.45, 2.75) is 31.0 Å². The molecule has 0 fully saturated rings. The number of rotatable bonds is 3. The van der Waals surface area contributed by atoms with Gasteiger partial charge in [0.2, 0.25) is 5.91 Å². The van der Waals surface area contributed by atoms with Crippen molar-refractivity contribution in [3.8, 4) is 0 Å². The van der Waals surface area contributed by atoms with E-state index < -0.39 is 26.7 Å². The summed E-state index contributed by atoms with van der Waals surface area (Å²) < 4.78 is 65.7. The lowest BCUT2D eigenvalue weighted by molar-refractivity contribution is -0.137. The van der Waals surface area contributed by atoms with E-state index in [-0.39, 0.29) is 11.6 Å². The van der Waals surface area contributed by atoms with Crippen LogP contribution in [0.5, 0.6) is 0 Å². The Hall–Kier alpha value is -2.55. The number of carbonyl (C=O) groups is 1. The molecule has 5 nitrogen and oxygen atoms in total. The van der Waals surface area contributed by atoms with Crippen LogP contribution in [0.1, 0.15) is 23.6 Å². The normalized spacial score (nSPS) is 14.6. The number of sulfonamides is 1. The molecule has 1 N–H and O–H groups in total. The molecule has 0 atom stereocenters. The Kier molecular flexibility index (Phi) is 4.90. The second kappa shape index (κ2) is 6.88. The van der Waals surface area contributed by atoms with E-state index in [9.17, 15) is 26.4 Å². The predicted molar refractivity (Wildman–Crippen MR) is 93.5 cm³/mol. The zero-order chi connectivity index (χ0) is 19.8. The second-order valence-electron chi connectivity index (χ2n) is 6.31. The number of nitrogens with zero attached hydrogens (tertiary/aromatic N) is 1. The fourth-order valence-corrected chi connectivity index (χ4v) is 4.04. The van der Waals surface area contributed by atoms with Crippen LogP contribution in [0.4, 0.5) is 18.9 Å². The fourth-order valence-electron chi connectivity index (χ4n) is 2.94. The Morgan fingerprint density at radius 3 is 2.52 bits per heavy atom. The summed E-state index contributed by atoms with van der Waals surface area (Å²) in [6, 6.07) is 8.49. The molecule has 0 aliphatic carbocycles. The van der Waals surface area contributed by atoms with Gasteiger partial charge in [0, 0.05) is 25.7 Å². The van der Waals surface area contributed by atoms with Gasteiger partial charge in [-0.3, -0.25) is 9.52 Å². The van der Waals surface area contributed by atoms with Crippen LogP contribution in [-0.4, -0.2) is 25.8 Å². The lowest BCUT2D eigenvalue weighted by Gasteiger charge is -2.28. The average molecular weight is 398 g/mol. The molecule has 0 unspecified atom stereocenters. The van der Waals surface area contributed by atoms with E-state index in [1.807, 2.05) is 0 Å². The summed E-state index contributed by atoms with van der Waals surface area (Å²) in [5.41, 5.74) is 1.01. The van der Waals surface area contributed by atoms with Crippen LogP contribution < -0.4 is 4.72 Å².